The van der Waals surface area contributed by atoms with Crippen LogP contribution in [0.5, 0.6) is 0 Å². The Kier molecular flexibility index (Phi) is 5.58. The summed E-state index contributed by atoms with van der Waals surface area (Å²) in [4.78, 5) is 43.4. The zero-order chi connectivity index (χ0) is 19.4. The molecule has 9 nitrogen and oxygen atoms in total. The molecular weight excluding hydrogens is 352 g/mol. The molecule has 0 bridgehead atoms. The maximum atomic E-state index is 12.3. The van der Waals surface area contributed by atoms with Crippen molar-refractivity contribution in [2.45, 2.75) is 13.8 Å². The zero-order valence-corrected chi connectivity index (χ0v) is 15.4. The standard InChI is InChI=1S/C18H22N4O5/c1-3-26-18(25)21-9-7-20(8-10-21)16(23)12-27-17(24)14-11-22-13(2)5-4-6-15(22)19-14/h4-6,11H,3,7-10,12H2,1-2H3. The van der Waals surface area contributed by atoms with Gasteiger partial charge in [-0.3, -0.25) is 4.79 Å². The lowest BCUT2D eigenvalue weighted by atomic mass is 10.3. The van der Waals surface area contributed by atoms with Crippen molar-refractivity contribution >= 4 is 23.6 Å². The third kappa shape index (κ3) is 4.18. The number of amides is 2. The highest BCUT2D eigenvalue weighted by Crippen LogP contribution is 2.10. The number of fused-ring (bicyclic) bond motifs is 1. The molecule has 0 radical (unpaired) electrons. The highest BCUT2D eigenvalue weighted by Gasteiger charge is 2.25. The molecule has 0 unspecified atom stereocenters. The van der Waals surface area contributed by atoms with E-state index in [2.05, 4.69) is 4.98 Å². The first-order chi connectivity index (χ1) is 13.0. The van der Waals surface area contributed by atoms with Gasteiger partial charge in [0.1, 0.15) is 5.65 Å². The Morgan fingerprint density at radius 2 is 1.78 bits per heavy atom. The van der Waals surface area contributed by atoms with Crippen LogP contribution in [0, 0.1) is 6.92 Å². The third-order valence-electron chi connectivity index (χ3n) is 4.39. The summed E-state index contributed by atoms with van der Waals surface area (Å²) >= 11 is 0. The number of rotatable bonds is 4. The Hall–Kier alpha value is -3.10. The molecule has 27 heavy (non-hydrogen) atoms. The van der Waals surface area contributed by atoms with Gasteiger partial charge in [-0.2, -0.15) is 0 Å². The fourth-order valence-electron chi connectivity index (χ4n) is 2.89. The number of hydrogen-bond donors (Lipinski definition) is 0. The van der Waals surface area contributed by atoms with Crippen molar-refractivity contribution in [2.75, 3.05) is 39.4 Å². The van der Waals surface area contributed by atoms with Gasteiger partial charge in [-0.05, 0) is 26.0 Å². The number of hydrogen-bond acceptors (Lipinski definition) is 6. The first-order valence-electron chi connectivity index (χ1n) is 8.81. The van der Waals surface area contributed by atoms with Crippen LogP contribution in [-0.2, 0) is 14.3 Å². The monoisotopic (exact) mass is 374 g/mol. The number of piperazine rings is 1. The molecule has 2 amide bonds. The van der Waals surface area contributed by atoms with Crippen LogP contribution in [0.2, 0.25) is 0 Å². The Morgan fingerprint density at radius 1 is 1.07 bits per heavy atom. The van der Waals surface area contributed by atoms with E-state index in [4.69, 9.17) is 9.47 Å². The average Bonchev–Trinajstić information content (AvgIpc) is 3.12. The second-order valence-corrected chi connectivity index (χ2v) is 6.16. The van der Waals surface area contributed by atoms with Crippen LogP contribution in [0.1, 0.15) is 23.1 Å². The van der Waals surface area contributed by atoms with Crippen LogP contribution in [0.15, 0.2) is 24.4 Å². The molecule has 0 N–H and O–H groups in total. The van der Waals surface area contributed by atoms with Crippen molar-refractivity contribution in [3.05, 3.63) is 35.8 Å². The number of carbonyl (C=O) groups excluding carboxylic acids is 3. The average molecular weight is 374 g/mol. The van der Waals surface area contributed by atoms with Crippen LogP contribution in [-0.4, -0.2) is 76.5 Å². The SMILES string of the molecule is CCOC(=O)N1CCN(C(=O)COC(=O)c2cn3c(C)cccc3n2)CC1. The Bertz CT molecular complexity index is 855. The molecule has 1 saturated heterocycles. The minimum atomic E-state index is -0.642. The number of imidazole rings is 1. The largest absolute Gasteiger partial charge is 0.451 e. The summed E-state index contributed by atoms with van der Waals surface area (Å²) < 4.78 is 11.8. The van der Waals surface area contributed by atoms with Crippen LogP contribution in [0.25, 0.3) is 5.65 Å². The number of ether oxygens (including phenoxy) is 2. The highest BCUT2D eigenvalue weighted by molar-refractivity contribution is 5.90. The fraction of sp³-hybridized carbons (Fsp3) is 0.444. The highest BCUT2D eigenvalue weighted by atomic mass is 16.6. The van der Waals surface area contributed by atoms with E-state index in [0.29, 0.717) is 38.4 Å². The first kappa shape index (κ1) is 18.7. The molecule has 3 heterocycles. The summed E-state index contributed by atoms with van der Waals surface area (Å²) in [6.45, 7) is 5.15. The van der Waals surface area contributed by atoms with Gasteiger partial charge in [0.2, 0.25) is 0 Å². The number of aromatic nitrogens is 2. The molecule has 2 aromatic rings. The molecule has 2 aromatic heterocycles. The minimum Gasteiger partial charge on any atom is -0.451 e. The lowest BCUT2D eigenvalue weighted by Crippen LogP contribution is -2.51. The van der Waals surface area contributed by atoms with E-state index in [1.807, 2.05) is 19.1 Å². The van der Waals surface area contributed by atoms with E-state index in [1.54, 1.807) is 33.4 Å². The van der Waals surface area contributed by atoms with E-state index in [9.17, 15) is 14.4 Å². The summed E-state index contributed by atoms with van der Waals surface area (Å²) in [5.41, 5.74) is 1.74. The molecule has 0 saturated carbocycles. The second kappa shape index (κ2) is 8.07. The lowest BCUT2D eigenvalue weighted by molar-refractivity contribution is -0.136. The molecule has 0 aromatic carbocycles. The smallest absolute Gasteiger partial charge is 0.409 e. The molecule has 9 heteroatoms. The number of esters is 1. The van der Waals surface area contributed by atoms with Crippen LogP contribution in [0.4, 0.5) is 4.79 Å². The molecule has 1 aliphatic rings. The predicted molar refractivity (Wildman–Crippen MR) is 95.4 cm³/mol. The van der Waals surface area contributed by atoms with Gasteiger partial charge >= 0.3 is 12.1 Å². The Balaban J connectivity index is 1.51. The van der Waals surface area contributed by atoms with Crippen molar-refractivity contribution in [3.63, 3.8) is 0 Å². The van der Waals surface area contributed by atoms with Crippen LogP contribution in [0.3, 0.4) is 0 Å². The van der Waals surface area contributed by atoms with Gasteiger partial charge in [-0.1, -0.05) is 6.07 Å². The van der Waals surface area contributed by atoms with E-state index >= 15 is 0 Å². The number of nitrogens with zero attached hydrogens (tertiary/aromatic N) is 4. The molecule has 0 aliphatic carbocycles. The van der Waals surface area contributed by atoms with Gasteiger partial charge in [-0.15, -0.1) is 0 Å². The van der Waals surface area contributed by atoms with Crippen molar-refractivity contribution in [3.8, 4) is 0 Å². The molecule has 3 rings (SSSR count). The van der Waals surface area contributed by atoms with Gasteiger partial charge in [-0.25, -0.2) is 14.6 Å². The number of carbonyl (C=O) groups is 3. The summed E-state index contributed by atoms with van der Waals surface area (Å²) in [5, 5.41) is 0. The number of pyridine rings is 1. The molecule has 144 valence electrons. The van der Waals surface area contributed by atoms with Crippen molar-refractivity contribution in [1.82, 2.24) is 19.2 Å². The fourth-order valence-corrected chi connectivity index (χ4v) is 2.89. The van der Waals surface area contributed by atoms with E-state index in [0.717, 1.165) is 5.69 Å². The van der Waals surface area contributed by atoms with Crippen molar-refractivity contribution in [1.29, 1.82) is 0 Å². The van der Waals surface area contributed by atoms with Crippen molar-refractivity contribution in [2.24, 2.45) is 0 Å². The maximum absolute atomic E-state index is 12.3. The number of aryl methyl sites for hydroxylation is 1. The molecule has 1 fully saturated rings. The molecule has 0 atom stereocenters. The summed E-state index contributed by atoms with van der Waals surface area (Å²) in [6, 6.07) is 5.55. The molecule has 0 spiro atoms. The summed E-state index contributed by atoms with van der Waals surface area (Å²) in [6.07, 6.45) is 1.22. The van der Waals surface area contributed by atoms with Gasteiger partial charge in [0.15, 0.2) is 12.3 Å². The second-order valence-electron chi connectivity index (χ2n) is 6.16. The maximum Gasteiger partial charge on any atom is 0.409 e. The van der Waals surface area contributed by atoms with Gasteiger partial charge in [0.25, 0.3) is 5.91 Å². The molecular formula is C18H22N4O5. The van der Waals surface area contributed by atoms with Crippen LogP contribution >= 0.6 is 0 Å². The van der Waals surface area contributed by atoms with Gasteiger partial charge < -0.3 is 23.7 Å². The Labute approximate surface area is 156 Å². The van der Waals surface area contributed by atoms with Crippen LogP contribution < -0.4 is 0 Å². The van der Waals surface area contributed by atoms with Gasteiger partial charge in [0.05, 0.1) is 6.61 Å². The quantitative estimate of drug-likeness (QED) is 0.744. The summed E-state index contributed by atoms with van der Waals surface area (Å²) in [5.74, 6) is -0.941. The Morgan fingerprint density at radius 3 is 2.44 bits per heavy atom. The predicted octanol–water partition coefficient (Wildman–Crippen LogP) is 1.10. The first-order valence-corrected chi connectivity index (χ1v) is 8.81. The van der Waals surface area contributed by atoms with Gasteiger partial charge in [0, 0.05) is 38.1 Å². The van der Waals surface area contributed by atoms with E-state index in [-0.39, 0.29) is 24.3 Å². The minimum absolute atomic E-state index is 0.157. The van der Waals surface area contributed by atoms with Crippen molar-refractivity contribution < 1.29 is 23.9 Å². The lowest BCUT2D eigenvalue weighted by Gasteiger charge is -2.33. The third-order valence-corrected chi connectivity index (χ3v) is 4.39. The summed E-state index contributed by atoms with van der Waals surface area (Å²) in [7, 11) is 0. The molecule has 1 aliphatic heterocycles. The van der Waals surface area contributed by atoms with E-state index in [1.165, 1.54) is 0 Å². The normalized spacial score (nSPS) is 14.3. The van der Waals surface area contributed by atoms with E-state index < -0.39 is 5.97 Å². The zero-order valence-electron chi connectivity index (χ0n) is 15.4. The topological polar surface area (TPSA) is 93.5 Å².